The number of amides is 1. The highest BCUT2D eigenvalue weighted by Gasteiger charge is 2.37. The minimum atomic E-state index is -0.385. The van der Waals surface area contributed by atoms with Crippen molar-refractivity contribution < 1.29 is 23.8 Å². The number of benzene rings is 2. The number of rotatable bonds is 8. The van der Waals surface area contributed by atoms with Crippen molar-refractivity contribution in [2.24, 2.45) is 0 Å². The van der Waals surface area contributed by atoms with Gasteiger partial charge < -0.3 is 14.2 Å². The van der Waals surface area contributed by atoms with Crippen molar-refractivity contribution in [3.63, 3.8) is 0 Å². The van der Waals surface area contributed by atoms with Gasteiger partial charge in [-0.05, 0) is 29.8 Å². The predicted octanol–water partition coefficient (Wildman–Crippen LogP) is 2.33. The van der Waals surface area contributed by atoms with Gasteiger partial charge in [-0.25, -0.2) is 9.59 Å². The smallest absolute Gasteiger partial charge is 0.414 e. The molecule has 160 valence electrons. The monoisotopic (exact) mass is 421 g/mol. The lowest BCUT2D eigenvalue weighted by molar-refractivity contribution is -0.156. The summed E-state index contributed by atoms with van der Waals surface area (Å²) in [5.74, 6) is -0.384. The Kier molecular flexibility index (Phi) is 6.46. The van der Waals surface area contributed by atoms with Gasteiger partial charge in [0.15, 0.2) is 0 Å². The quantitative estimate of drug-likeness (QED) is 0.604. The average molecular weight is 421 g/mol. The number of hydrogen-bond acceptors (Lipinski definition) is 7. The number of esters is 1. The van der Waals surface area contributed by atoms with Crippen LogP contribution in [0.15, 0.2) is 54.6 Å². The van der Waals surface area contributed by atoms with Crippen LogP contribution in [-0.4, -0.2) is 62.0 Å². The second kappa shape index (κ2) is 9.60. The summed E-state index contributed by atoms with van der Waals surface area (Å²) in [6.45, 7) is 2.59. The molecule has 2 aromatic carbocycles. The van der Waals surface area contributed by atoms with Crippen molar-refractivity contribution >= 4 is 17.7 Å². The van der Waals surface area contributed by atoms with E-state index >= 15 is 0 Å². The van der Waals surface area contributed by atoms with Crippen LogP contribution in [0.2, 0.25) is 0 Å². The fourth-order valence-electron chi connectivity index (χ4n) is 3.57. The van der Waals surface area contributed by atoms with Gasteiger partial charge in [0.1, 0.15) is 19.3 Å². The zero-order chi connectivity index (χ0) is 21.6. The highest BCUT2D eigenvalue weighted by atomic mass is 16.6. The Morgan fingerprint density at radius 3 is 2.55 bits per heavy atom. The van der Waals surface area contributed by atoms with E-state index in [1.807, 2.05) is 30.3 Å². The normalized spacial score (nSPS) is 18.9. The number of carbonyl (C=O) groups is 2. The second-order valence-corrected chi connectivity index (χ2v) is 7.57. The fourth-order valence-corrected chi connectivity index (χ4v) is 3.57. The van der Waals surface area contributed by atoms with Gasteiger partial charge in [0.2, 0.25) is 0 Å². The Hall–Kier alpha value is -3.41. The number of carbonyl (C=O) groups excluding carboxylic acids is 2. The van der Waals surface area contributed by atoms with E-state index in [0.717, 1.165) is 5.56 Å². The molecule has 1 unspecified atom stereocenters. The summed E-state index contributed by atoms with van der Waals surface area (Å²) < 4.78 is 16.3. The number of nitriles is 1. The Bertz CT molecular complexity index is 951. The van der Waals surface area contributed by atoms with Crippen LogP contribution in [0.25, 0.3) is 0 Å². The molecule has 0 radical (unpaired) electrons. The number of nitrogens with zero attached hydrogens (tertiary/aromatic N) is 3. The van der Waals surface area contributed by atoms with Crippen molar-refractivity contribution in [2.75, 3.05) is 37.7 Å². The lowest BCUT2D eigenvalue weighted by atomic mass is 10.1. The topological polar surface area (TPSA) is 92.1 Å². The summed E-state index contributed by atoms with van der Waals surface area (Å²) in [7, 11) is 0. The first-order valence-electron chi connectivity index (χ1n) is 10.1. The molecule has 0 saturated carbocycles. The van der Waals surface area contributed by atoms with Gasteiger partial charge in [-0.3, -0.25) is 9.80 Å². The van der Waals surface area contributed by atoms with E-state index in [2.05, 4.69) is 11.0 Å². The Labute approximate surface area is 180 Å². The van der Waals surface area contributed by atoms with Crippen LogP contribution < -0.4 is 4.90 Å². The molecule has 8 nitrogen and oxygen atoms in total. The zero-order valence-corrected chi connectivity index (χ0v) is 17.0. The molecule has 4 rings (SSSR count). The average Bonchev–Trinajstić information content (AvgIpc) is 3.14. The first-order valence-corrected chi connectivity index (χ1v) is 10.1. The maximum atomic E-state index is 12.2. The molecule has 1 amide bonds. The SMILES string of the molecule is N#Cc1ccc(N2CC(CN3CC(OCC(=O)OCc4ccccc4)C3)OC2=O)cc1. The molecular formula is C23H23N3O5. The zero-order valence-electron chi connectivity index (χ0n) is 17.0. The minimum Gasteiger partial charge on any atom is -0.459 e. The highest BCUT2D eigenvalue weighted by molar-refractivity contribution is 5.89. The third-order valence-corrected chi connectivity index (χ3v) is 5.25. The third-order valence-electron chi connectivity index (χ3n) is 5.25. The van der Waals surface area contributed by atoms with Crippen molar-refractivity contribution in [3.8, 4) is 6.07 Å². The summed E-state index contributed by atoms with van der Waals surface area (Å²) in [4.78, 5) is 27.7. The highest BCUT2D eigenvalue weighted by Crippen LogP contribution is 2.23. The van der Waals surface area contributed by atoms with Crippen LogP contribution in [0.1, 0.15) is 11.1 Å². The van der Waals surface area contributed by atoms with E-state index in [-0.39, 0.29) is 37.5 Å². The predicted molar refractivity (Wildman–Crippen MR) is 111 cm³/mol. The first-order chi connectivity index (χ1) is 15.1. The first kappa shape index (κ1) is 20.8. The van der Waals surface area contributed by atoms with E-state index in [1.54, 1.807) is 29.2 Å². The Morgan fingerprint density at radius 2 is 1.84 bits per heavy atom. The van der Waals surface area contributed by atoms with E-state index in [4.69, 9.17) is 19.5 Å². The molecule has 1 atom stereocenters. The van der Waals surface area contributed by atoms with E-state index in [1.165, 1.54) is 0 Å². The number of likely N-dealkylation sites (tertiary alicyclic amines) is 1. The number of hydrogen-bond donors (Lipinski definition) is 0. The largest absolute Gasteiger partial charge is 0.459 e. The lowest BCUT2D eigenvalue weighted by Crippen LogP contribution is -2.55. The molecule has 0 bridgehead atoms. The summed E-state index contributed by atoms with van der Waals surface area (Å²) in [6, 6.07) is 18.4. The number of cyclic esters (lactones) is 1. The molecule has 2 heterocycles. The van der Waals surface area contributed by atoms with Gasteiger partial charge in [0.25, 0.3) is 0 Å². The van der Waals surface area contributed by atoms with Gasteiger partial charge in [0, 0.05) is 25.3 Å². The Morgan fingerprint density at radius 1 is 1.10 bits per heavy atom. The van der Waals surface area contributed by atoms with Gasteiger partial charge in [-0.15, -0.1) is 0 Å². The number of ether oxygens (including phenoxy) is 3. The second-order valence-electron chi connectivity index (χ2n) is 7.57. The number of anilines is 1. The van der Waals surface area contributed by atoms with Crippen LogP contribution >= 0.6 is 0 Å². The van der Waals surface area contributed by atoms with Crippen LogP contribution in [0.3, 0.4) is 0 Å². The van der Waals surface area contributed by atoms with E-state index in [9.17, 15) is 9.59 Å². The van der Waals surface area contributed by atoms with Crippen molar-refractivity contribution in [1.29, 1.82) is 5.26 Å². The molecule has 0 aliphatic carbocycles. The molecule has 2 aromatic rings. The summed E-state index contributed by atoms with van der Waals surface area (Å²) in [6.07, 6.45) is -0.653. The summed E-state index contributed by atoms with van der Waals surface area (Å²) in [5, 5.41) is 8.89. The van der Waals surface area contributed by atoms with Gasteiger partial charge in [-0.2, -0.15) is 5.26 Å². The summed E-state index contributed by atoms with van der Waals surface area (Å²) >= 11 is 0. The van der Waals surface area contributed by atoms with Crippen molar-refractivity contribution in [3.05, 3.63) is 65.7 Å². The van der Waals surface area contributed by atoms with Gasteiger partial charge in [0.05, 0.1) is 24.3 Å². The maximum absolute atomic E-state index is 12.2. The van der Waals surface area contributed by atoms with Crippen molar-refractivity contribution in [2.45, 2.75) is 18.8 Å². The van der Waals surface area contributed by atoms with Crippen LogP contribution in [0.5, 0.6) is 0 Å². The summed E-state index contributed by atoms with van der Waals surface area (Å²) in [5.41, 5.74) is 2.19. The minimum absolute atomic E-state index is 0.0315. The lowest BCUT2D eigenvalue weighted by Gasteiger charge is -2.39. The maximum Gasteiger partial charge on any atom is 0.414 e. The van der Waals surface area contributed by atoms with Crippen LogP contribution in [0.4, 0.5) is 10.5 Å². The molecule has 0 aromatic heterocycles. The standard InChI is InChI=1S/C23H23N3O5/c24-10-17-6-8-19(9-7-17)26-14-21(31-23(26)28)13-25-11-20(12-25)29-16-22(27)30-15-18-4-2-1-3-5-18/h1-9,20-21H,11-16H2. The molecule has 0 spiro atoms. The van der Waals surface area contributed by atoms with E-state index in [0.29, 0.717) is 37.4 Å². The molecule has 2 saturated heterocycles. The van der Waals surface area contributed by atoms with Crippen molar-refractivity contribution in [1.82, 2.24) is 4.90 Å². The van der Waals surface area contributed by atoms with Crippen LogP contribution in [-0.2, 0) is 25.6 Å². The fraction of sp³-hybridized carbons (Fsp3) is 0.348. The molecule has 31 heavy (non-hydrogen) atoms. The molecule has 2 aliphatic heterocycles. The molecular weight excluding hydrogens is 398 g/mol. The van der Waals surface area contributed by atoms with Gasteiger partial charge in [-0.1, -0.05) is 30.3 Å². The van der Waals surface area contributed by atoms with Crippen LogP contribution in [0, 0.1) is 11.3 Å². The Balaban J connectivity index is 1.14. The van der Waals surface area contributed by atoms with E-state index < -0.39 is 0 Å². The molecule has 0 N–H and O–H groups in total. The molecule has 2 fully saturated rings. The molecule has 2 aliphatic rings. The van der Waals surface area contributed by atoms with Gasteiger partial charge >= 0.3 is 12.1 Å². The molecule has 8 heteroatoms. The third kappa shape index (κ3) is 5.40.